The summed E-state index contributed by atoms with van der Waals surface area (Å²) in [5.74, 6) is 0.544. The van der Waals surface area contributed by atoms with E-state index in [-0.39, 0.29) is 22.6 Å². The van der Waals surface area contributed by atoms with Crippen LogP contribution < -0.4 is 5.32 Å². The van der Waals surface area contributed by atoms with Crippen molar-refractivity contribution in [1.29, 1.82) is 0 Å². The number of carbonyl (C=O) groups excluding carboxylic acids is 1. The third kappa shape index (κ3) is 3.30. The van der Waals surface area contributed by atoms with E-state index in [9.17, 15) is 13.2 Å². The van der Waals surface area contributed by atoms with E-state index >= 15 is 0 Å². The predicted molar refractivity (Wildman–Crippen MR) is 105 cm³/mol. The van der Waals surface area contributed by atoms with Crippen molar-refractivity contribution in [2.24, 2.45) is 5.92 Å². The fourth-order valence-corrected chi connectivity index (χ4v) is 6.88. The van der Waals surface area contributed by atoms with Crippen LogP contribution in [0.15, 0.2) is 29.2 Å². The van der Waals surface area contributed by atoms with Gasteiger partial charge in [0, 0.05) is 21.5 Å². The van der Waals surface area contributed by atoms with E-state index < -0.39 is 9.84 Å². The highest BCUT2D eigenvalue weighted by Crippen LogP contribution is 2.43. The molecule has 4 rings (SSSR count). The Morgan fingerprint density at radius 3 is 2.65 bits per heavy atom. The van der Waals surface area contributed by atoms with Gasteiger partial charge in [-0.05, 0) is 55.4 Å². The molecule has 1 amide bonds. The Kier molecular flexibility index (Phi) is 4.61. The molecule has 1 aromatic heterocycles. The molecule has 0 spiro atoms. The Labute approximate surface area is 162 Å². The number of sulfone groups is 1. The average molecular weight is 410 g/mol. The van der Waals surface area contributed by atoms with Gasteiger partial charge in [-0.1, -0.05) is 24.6 Å². The normalized spacial score (nSPS) is 23.8. The first-order valence-corrected chi connectivity index (χ1v) is 11.6. The molecule has 1 aliphatic carbocycles. The molecule has 0 radical (unpaired) electrons. The molecule has 0 unspecified atom stereocenters. The molecule has 7 heteroatoms. The maximum Gasteiger partial charge on any atom is 0.261 e. The van der Waals surface area contributed by atoms with Gasteiger partial charge in [0.15, 0.2) is 9.84 Å². The van der Waals surface area contributed by atoms with Crippen molar-refractivity contribution in [2.45, 2.75) is 49.3 Å². The molecule has 4 nitrogen and oxygen atoms in total. The van der Waals surface area contributed by atoms with Crippen LogP contribution in [0.1, 0.15) is 47.8 Å². The molecule has 2 aliphatic rings. The monoisotopic (exact) mass is 409 g/mol. The number of fused-ring (bicyclic) bond motifs is 3. The standard InChI is InChI=1S/C19H20ClNO3S2/c1-11-2-5-14(6-3-11)21-19(22)16-8-12-10-26(23,24)17-9-13(20)4-7-15(17)18(12)25-16/h4,7-9,11,14H,2-3,5-6,10H2,1H3,(H,21,22). The van der Waals surface area contributed by atoms with Gasteiger partial charge >= 0.3 is 0 Å². The summed E-state index contributed by atoms with van der Waals surface area (Å²) < 4.78 is 25.1. The second-order valence-corrected chi connectivity index (χ2v) is 10.7. The number of carbonyl (C=O) groups is 1. The zero-order valence-electron chi connectivity index (χ0n) is 14.4. The minimum absolute atomic E-state index is 0.0829. The van der Waals surface area contributed by atoms with Gasteiger partial charge in [-0.25, -0.2) is 8.42 Å². The minimum atomic E-state index is -3.43. The Hall–Kier alpha value is -1.37. The predicted octanol–water partition coefficient (Wildman–Crippen LogP) is 4.66. The van der Waals surface area contributed by atoms with Crippen LogP contribution in [0.25, 0.3) is 10.4 Å². The van der Waals surface area contributed by atoms with E-state index in [1.807, 2.05) is 0 Å². The van der Waals surface area contributed by atoms with Crippen LogP contribution in [-0.4, -0.2) is 20.4 Å². The molecule has 0 saturated heterocycles. The first-order valence-electron chi connectivity index (χ1n) is 8.80. The highest BCUT2D eigenvalue weighted by molar-refractivity contribution is 7.91. The fourth-order valence-electron chi connectivity index (χ4n) is 3.76. The van der Waals surface area contributed by atoms with Gasteiger partial charge < -0.3 is 5.32 Å². The highest BCUT2D eigenvalue weighted by atomic mass is 35.5. The summed E-state index contributed by atoms with van der Waals surface area (Å²) in [6.45, 7) is 2.25. The van der Waals surface area contributed by atoms with E-state index in [0.29, 0.717) is 21.0 Å². The van der Waals surface area contributed by atoms with Crippen LogP contribution in [0.5, 0.6) is 0 Å². The Morgan fingerprint density at radius 1 is 1.19 bits per heavy atom. The van der Waals surface area contributed by atoms with Crippen molar-refractivity contribution < 1.29 is 13.2 Å². The summed E-state index contributed by atoms with van der Waals surface area (Å²) in [5.41, 5.74) is 1.35. The fraction of sp³-hybridized carbons (Fsp3) is 0.421. The second-order valence-electron chi connectivity index (χ2n) is 7.29. The van der Waals surface area contributed by atoms with Crippen LogP contribution in [0.3, 0.4) is 0 Å². The summed E-state index contributed by atoms with van der Waals surface area (Å²) in [6, 6.07) is 6.86. The van der Waals surface area contributed by atoms with E-state index in [1.165, 1.54) is 17.4 Å². The summed E-state index contributed by atoms with van der Waals surface area (Å²) in [6.07, 6.45) is 4.29. The lowest BCUT2D eigenvalue weighted by Gasteiger charge is -2.26. The van der Waals surface area contributed by atoms with Gasteiger partial charge in [-0.2, -0.15) is 0 Å². The number of rotatable bonds is 2. The zero-order valence-corrected chi connectivity index (χ0v) is 16.8. The van der Waals surface area contributed by atoms with Gasteiger partial charge in [0.1, 0.15) is 0 Å². The molecule has 0 bridgehead atoms. The molecule has 138 valence electrons. The molecule has 1 fully saturated rings. The number of halogens is 1. The topological polar surface area (TPSA) is 63.2 Å². The molecule has 1 N–H and O–H groups in total. The lowest BCUT2D eigenvalue weighted by molar-refractivity contribution is 0.0927. The van der Waals surface area contributed by atoms with Gasteiger partial charge in [-0.3, -0.25) is 4.79 Å². The summed E-state index contributed by atoms with van der Waals surface area (Å²) >= 11 is 7.34. The number of thiophene rings is 1. The third-order valence-electron chi connectivity index (χ3n) is 5.25. The summed E-state index contributed by atoms with van der Waals surface area (Å²) in [4.78, 5) is 14.4. The number of benzene rings is 1. The number of hydrogen-bond donors (Lipinski definition) is 1. The second kappa shape index (κ2) is 6.66. The van der Waals surface area contributed by atoms with Crippen molar-refractivity contribution in [3.05, 3.63) is 39.7 Å². The van der Waals surface area contributed by atoms with Gasteiger partial charge in [0.05, 0.1) is 15.5 Å². The zero-order chi connectivity index (χ0) is 18.5. The number of hydrogen-bond acceptors (Lipinski definition) is 4. The quantitative estimate of drug-likeness (QED) is 0.784. The number of nitrogens with one attached hydrogen (secondary N) is 1. The Bertz CT molecular complexity index is 973. The lowest BCUT2D eigenvalue weighted by atomic mass is 9.87. The van der Waals surface area contributed by atoms with E-state index in [1.54, 1.807) is 18.2 Å². The molecule has 2 aromatic rings. The molecule has 0 atom stereocenters. The molecule has 1 aromatic carbocycles. The molecule has 1 saturated carbocycles. The average Bonchev–Trinajstić information content (AvgIpc) is 3.00. The van der Waals surface area contributed by atoms with Crippen molar-refractivity contribution in [1.82, 2.24) is 5.32 Å². The van der Waals surface area contributed by atoms with Crippen molar-refractivity contribution in [3.63, 3.8) is 0 Å². The largest absolute Gasteiger partial charge is 0.349 e. The van der Waals surface area contributed by atoms with Crippen LogP contribution in [0.4, 0.5) is 0 Å². The van der Waals surface area contributed by atoms with Crippen molar-refractivity contribution in [2.75, 3.05) is 0 Å². The minimum Gasteiger partial charge on any atom is -0.349 e. The smallest absolute Gasteiger partial charge is 0.261 e. The molecular formula is C19H20ClNO3S2. The summed E-state index contributed by atoms with van der Waals surface area (Å²) in [5, 5.41) is 3.52. The molecule has 26 heavy (non-hydrogen) atoms. The van der Waals surface area contributed by atoms with Gasteiger partial charge in [0.2, 0.25) is 0 Å². The molecular weight excluding hydrogens is 390 g/mol. The van der Waals surface area contributed by atoms with E-state index in [0.717, 1.165) is 36.5 Å². The number of amides is 1. The van der Waals surface area contributed by atoms with E-state index in [4.69, 9.17) is 11.6 Å². The SMILES string of the molecule is CC1CCC(NC(=O)c2cc3c(s2)-c2ccc(Cl)cc2S(=O)(=O)C3)CC1. The molecule has 2 heterocycles. The Morgan fingerprint density at radius 2 is 1.92 bits per heavy atom. The maximum absolute atomic E-state index is 12.7. The van der Waals surface area contributed by atoms with Gasteiger partial charge in [-0.15, -0.1) is 11.3 Å². The van der Waals surface area contributed by atoms with Crippen molar-refractivity contribution >= 4 is 38.7 Å². The van der Waals surface area contributed by atoms with Crippen LogP contribution in [-0.2, 0) is 15.6 Å². The lowest BCUT2D eigenvalue weighted by Crippen LogP contribution is -2.36. The van der Waals surface area contributed by atoms with E-state index in [2.05, 4.69) is 12.2 Å². The van der Waals surface area contributed by atoms with Crippen molar-refractivity contribution in [3.8, 4) is 10.4 Å². The van der Waals surface area contributed by atoms with Crippen LogP contribution in [0.2, 0.25) is 5.02 Å². The highest BCUT2D eigenvalue weighted by Gasteiger charge is 2.31. The maximum atomic E-state index is 12.7. The van der Waals surface area contributed by atoms with Gasteiger partial charge in [0.25, 0.3) is 5.91 Å². The van der Waals surface area contributed by atoms with Crippen LogP contribution >= 0.6 is 22.9 Å². The first kappa shape index (κ1) is 18.0. The van der Waals surface area contributed by atoms with Crippen LogP contribution in [0, 0.1) is 5.92 Å². The molecule has 1 aliphatic heterocycles. The Balaban J connectivity index is 1.63. The first-order chi connectivity index (χ1) is 12.3. The summed E-state index contributed by atoms with van der Waals surface area (Å²) in [7, 11) is -3.43. The third-order valence-corrected chi connectivity index (χ3v) is 8.40.